The Kier molecular flexibility index (Phi) is 6.90. The van der Waals surface area contributed by atoms with Gasteiger partial charge in [-0.1, -0.05) is 44.2 Å². The number of aromatic amines is 1. The summed E-state index contributed by atoms with van der Waals surface area (Å²) >= 11 is 8.25. The molecule has 1 aromatic rings. The Morgan fingerprint density at radius 2 is 2.10 bits per heavy atom. The van der Waals surface area contributed by atoms with Crippen LogP contribution in [0.3, 0.4) is 0 Å². The fraction of sp³-hybridized carbons (Fsp3) is 0.812. The fourth-order valence-electron chi connectivity index (χ4n) is 3.08. The smallest absolute Gasteiger partial charge is 0.151 e. The molecule has 1 fully saturated rings. The molecule has 2 N–H and O–H groups in total. The number of aromatic nitrogens is 2. The number of aryl methyl sites for hydroxylation is 1. The zero-order chi connectivity index (χ0) is 15.1. The number of unbranched alkanes of at least 4 members (excludes halogenated alkanes) is 1. The molecule has 21 heavy (non-hydrogen) atoms. The molecule has 5 heteroatoms. The van der Waals surface area contributed by atoms with Crippen LogP contribution in [-0.4, -0.2) is 27.5 Å². The van der Waals surface area contributed by atoms with Gasteiger partial charge in [-0.05, 0) is 25.5 Å². The molecule has 0 saturated heterocycles. The maximum Gasteiger partial charge on any atom is 0.151 e. The number of halogens is 1. The highest BCUT2D eigenvalue weighted by atomic mass is 35.5. The molecule has 1 aliphatic rings. The van der Waals surface area contributed by atoms with E-state index in [0.717, 1.165) is 37.4 Å². The van der Waals surface area contributed by atoms with Gasteiger partial charge in [0.15, 0.2) is 5.15 Å². The summed E-state index contributed by atoms with van der Waals surface area (Å²) in [5, 5.41) is 4.23. The molecule has 0 aliphatic heterocycles. The van der Waals surface area contributed by atoms with Crippen molar-refractivity contribution in [2.24, 2.45) is 0 Å². The van der Waals surface area contributed by atoms with E-state index in [9.17, 15) is 0 Å². The van der Waals surface area contributed by atoms with E-state index in [1.54, 1.807) is 0 Å². The van der Waals surface area contributed by atoms with Crippen LogP contribution < -0.4 is 5.32 Å². The van der Waals surface area contributed by atoms with E-state index in [1.807, 2.05) is 11.8 Å². The van der Waals surface area contributed by atoms with E-state index >= 15 is 0 Å². The van der Waals surface area contributed by atoms with Crippen molar-refractivity contribution in [3.63, 3.8) is 0 Å². The monoisotopic (exact) mass is 329 g/mol. The van der Waals surface area contributed by atoms with Gasteiger partial charge in [0.25, 0.3) is 0 Å². The van der Waals surface area contributed by atoms with Gasteiger partial charge in [0.05, 0.1) is 5.69 Å². The van der Waals surface area contributed by atoms with Crippen LogP contribution >= 0.6 is 23.4 Å². The summed E-state index contributed by atoms with van der Waals surface area (Å²) in [6.45, 7) is 4.05. The summed E-state index contributed by atoms with van der Waals surface area (Å²) in [6.07, 6.45) is 12.4. The fourth-order valence-corrected chi connectivity index (χ4v) is 4.24. The zero-order valence-corrected chi connectivity index (χ0v) is 14.9. The van der Waals surface area contributed by atoms with E-state index in [2.05, 4.69) is 28.5 Å². The van der Waals surface area contributed by atoms with E-state index < -0.39 is 0 Å². The van der Waals surface area contributed by atoms with Gasteiger partial charge in [-0.25, -0.2) is 4.98 Å². The number of hydrogen-bond acceptors (Lipinski definition) is 3. The summed E-state index contributed by atoms with van der Waals surface area (Å²) in [5.74, 6) is 1.02. The third-order valence-electron chi connectivity index (χ3n) is 4.49. The van der Waals surface area contributed by atoms with Crippen molar-refractivity contribution in [3.05, 3.63) is 16.7 Å². The number of imidazole rings is 1. The van der Waals surface area contributed by atoms with Gasteiger partial charge >= 0.3 is 0 Å². The van der Waals surface area contributed by atoms with Gasteiger partial charge < -0.3 is 10.3 Å². The Bertz CT molecular complexity index is 427. The number of nitrogens with one attached hydrogen (secondary N) is 2. The topological polar surface area (TPSA) is 40.7 Å². The third-order valence-corrected chi connectivity index (χ3v) is 6.22. The maximum absolute atomic E-state index is 6.23. The second-order valence-corrected chi connectivity index (χ2v) is 7.74. The van der Waals surface area contributed by atoms with Gasteiger partial charge in [0.1, 0.15) is 5.82 Å². The Balaban J connectivity index is 1.83. The number of hydrogen-bond donors (Lipinski definition) is 2. The minimum absolute atomic E-state index is 0.426. The van der Waals surface area contributed by atoms with Gasteiger partial charge in [-0.15, -0.1) is 0 Å². The van der Waals surface area contributed by atoms with Crippen molar-refractivity contribution in [2.45, 2.75) is 69.6 Å². The Morgan fingerprint density at radius 1 is 1.33 bits per heavy atom. The summed E-state index contributed by atoms with van der Waals surface area (Å²) in [6, 6.07) is 0. The van der Waals surface area contributed by atoms with Crippen LogP contribution in [-0.2, 0) is 13.0 Å². The lowest BCUT2D eigenvalue weighted by atomic mass is 9.88. The first-order valence-corrected chi connectivity index (χ1v) is 9.78. The van der Waals surface area contributed by atoms with Crippen LogP contribution in [0, 0.1) is 0 Å². The molecule has 1 heterocycles. The van der Waals surface area contributed by atoms with E-state index in [0.29, 0.717) is 9.90 Å². The van der Waals surface area contributed by atoms with Crippen molar-refractivity contribution in [2.75, 3.05) is 12.8 Å². The molecule has 120 valence electrons. The quantitative estimate of drug-likeness (QED) is 0.734. The van der Waals surface area contributed by atoms with Gasteiger partial charge in [-0.3, -0.25) is 0 Å². The average molecular weight is 330 g/mol. The lowest BCUT2D eigenvalue weighted by molar-refractivity contribution is 0.379. The van der Waals surface area contributed by atoms with Crippen molar-refractivity contribution in [1.29, 1.82) is 0 Å². The van der Waals surface area contributed by atoms with Crippen LogP contribution in [0.25, 0.3) is 0 Å². The first-order chi connectivity index (χ1) is 10.2. The van der Waals surface area contributed by atoms with Crippen LogP contribution in [0.1, 0.15) is 63.4 Å². The largest absolute Gasteiger partial charge is 0.344 e. The Labute approximate surface area is 138 Å². The molecule has 1 aliphatic carbocycles. The molecular formula is C16H28ClN3S. The molecule has 0 bridgehead atoms. The molecule has 0 aromatic carbocycles. The Hall–Kier alpha value is -0.190. The molecule has 1 aromatic heterocycles. The number of thioether (sulfide) groups is 1. The first-order valence-electron chi connectivity index (χ1n) is 8.18. The molecule has 0 atom stereocenters. The van der Waals surface area contributed by atoms with E-state index in [1.165, 1.54) is 38.5 Å². The number of nitrogens with zero attached hydrogens (tertiary/aromatic N) is 1. The normalized spacial score (nSPS) is 18.0. The second kappa shape index (κ2) is 8.44. The van der Waals surface area contributed by atoms with Crippen LogP contribution in [0.2, 0.25) is 5.15 Å². The third kappa shape index (κ3) is 4.90. The van der Waals surface area contributed by atoms with E-state index in [4.69, 9.17) is 11.6 Å². The molecule has 2 rings (SSSR count). The highest BCUT2D eigenvalue weighted by molar-refractivity contribution is 8.00. The summed E-state index contributed by atoms with van der Waals surface area (Å²) in [5.41, 5.74) is 1.04. The maximum atomic E-state index is 6.23. The molecule has 0 unspecified atom stereocenters. The van der Waals surface area contributed by atoms with Gasteiger partial charge in [0.2, 0.25) is 0 Å². The van der Waals surface area contributed by atoms with Crippen molar-refractivity contribution >= 4 is 23.4 Å². The standard InChI is InChI=1S/C16H28ClN3S/c1-3-4-8-14-19-13(15(17)20-14)11-18-12-16(21-2)9-6-5-7-10-16/h18H,3-12H2,1-2H3,(H,19,20). The van der Waals surface area contributed by atoms with Crippen LogP contribution in [0.5, 0.6) is 0 Å². The molecular weight excluding hydrogens is 302 g/mol. The minimum Gasteiger partial charge on any atom is -0.344 e. The number of H-pyrrole nitrogens is 1. The van der Waals surface area contributed by atoms with Crippen LogP contribution in [0.4, 0.5) is 0 Å². The minimum atomic E-state index is 0.426. The lowest BCUT2D eigenvalue weighted by Gasteiger charge is -2.36. The Morgan fingerprint density at radius 3 is 2.76 bits per heavy atom. The van der Waals surface area contributed by atoms with Crippen molar-refractivity contribution in [1.82, 2.24) is 15.3 Å². The van der Waals surface area contributed by atoms with Crippen LogP contribution in [0.15, 0.2) is 0 Å². The lowest BCUT2D eigenvalue weighted by Crippen LogP contribution is -2.39. The van der Waals surface area contributed by atoms with E-state index in [-0.39, 0.29) is 0 Å². The summed E-state index contributed by atoms with van der Waals surface area (Å²) in [4.78, 5) is 7.79. The highest BCUT2D eigenvalue weighted by Crippen LogP contribution is 2.38. The van der Waals surface area contributed by atoms with Crippen molar-refractivity contribution < 1.29 is 0 Å². The molecule has 0 radical (unpaired) electrons. The predicted molar refractivity (Wildman–Crippen MR) is 93.2 cm³/mol. The molecule has 1 saturated carbocycles. The van der Waals surface area contributed by atoms with Gasteiger partial charge in [-0.2, -0.15) is 11.8 Å². The average Bonchev–Trinajstić information content (AvgIpc) is 2.86. The summed E-state index contributed by atoms with van der Waals surface area (Å²) in [7, 11) is 0. The van der Waals surface area contributed by atoms with Crippen molar-refractivity contribution in [3.8, 4) is 0 Å². The molecule has 0 spiro atoms. The van der Waals surface area contributed by atoms with Gasteiger partial charge in [0, 0.05) is 24.3 Å². The second-order valence-electron chi connectivity index (χ2n) is 6.11. The SMILES string of the molecule is CCCCc1nc(Cl)c(CNCC2(SC)CCCCC2)[nH]1. The number of rotatable bonds is 8. The first kappa shape index (κ1) is 17.2. The zero-order valence-electron chi connectivity index (χ0n) is 13.3. The predicted octanol–water partition coefficient (Wildman–Crippen LogP) is 4.56. The summed E-state index contributed by atoms with van der Waals surface area (Å²) < 4.78 is 0.426. The molecule has 0 amide bonds. The molecule has 3 nitrogen and oxygen atoms in total. The highest BCUT2D eigenvalue weighted by Gasteiger charge is 2.30.